The molecule has 0 saturated carbocycles. The van der Waals surface area contributed by atoms with Crippen molar-refractivity contribution in [2.75, 3.05) is 19.7 Å². The summed E-state index contributed by atoms with van der Waals surface area (Å²) in [7, 11) is 0. The Balaban J connectivity index is 2.10. The third-order valence-corrected chi connectivity index (χ3v) is 4.69. The molecule has 1 aromatic rings. The number of rotatable bonds is 3. The maximum atomic E-state index is 12.2. The standard InChI is InChI=1S/C15H20N2O2/c1-15(14(16)18,10-5-7-17-9-10)12-3-2-4-13-11(12)6-8-19-13/h2-4,10,17H,5-9H2,1H3,(H2,16,18). The Hall–Kier alpha value is -1.55. The zero-order valence-corrected chi connectivity index (χ0v) is 11.2. The number of fused-ring (bicyclic) bond motifs is 1. The van der Waals surface area contributed by atoms with Crippen molar-refractivity contribution >= 4 is 5.91 Å². The van der Waals surface area contributed by atoms with E-state index in [1.165, 1.54) is 0 Å². The van der Waals surface area contributed by atoms with Gasteiger partial charge in [0.25, 0.3) is 0 Å². The lowest BCUT2D eigenvalue weighted by molar-refractivity contribution is -0.124. The molecule has 0 aromatic heterocycles. The second-order valence-corrected chi connectivity index (χ2v) is 5.64. The average molecular weight is 260 g/mol. The second-order valence-electron chi connectivity index (χ2n) is 5.64. The van der Waals surface area contributed by atoms with Crippen molar-refractivity contribution < 1.29 is 9.53 Å². The minimum Gasteiger partial charge on any atom is -0.493 e. The zero-order chi connectivity index (χ0) is 13.5. The Labute approximate surface area is 113 Å². The lowest BCUT2D eigenvalue weighted by atomic mass is 9.69. The largest absolute Gasteiger partial charge is 0.493 e. The highest BCUT2D eigenvalue weighted by atomic mass is 16.5. The van der Waals surface area contributed by atoms with Crippen LogP contribution < -0.4 is 15.8 Å². The van der Waals surface area contributed by atoms with E-state index in [0.29, 0.717) is 6.61 Å². The summed E-state index contributed by atoms with van der Waals surface area (Å²) in [6, 6.07) is 5.97. The molecule has 19 heavy (non-hydrogen) atoms. The van der Waals surface area contributed by atoms with Gasteiger partial charge in [-0.15, -0.1) is 0 Å². The number of hydrogen-bond acceptors (Lipinski definition) is 3. The Morgan fingerprint density at radius 2 is 2.37 bits per heavy atom. The molecule has 2 unspecified atom stereocenters. The summed E-state index contributed by atoms with van der Waals surface area (Å²) in [6.45, 7) is 4.49. The van der Waals surface area contributed by atoms with E-state index < -0.39 is 5.41 Å². The minimum atomic E-state index is -0.609. The Kier molecular flexibility index (Phi) is 2.97. The number of hydrogen-bond donors (Lipinski definition) is 2. The normalized spacial score (nSPS) is 24.6. The lowest BCUT2D eigenvalue weighted by Gasteiger charge is -2.34. The van der Waals surface area contributed by atoms with E-state index in [2.05, 4.69) is 5.32 Å². The number of nitrogens with one attached hydrogen (secondary N) is 1. The molecule has 4 heteroatoms. The molecule has 3 rings (SSSR count). The first-order valence-electron chi connectivity index (χ1n) is 6.90. The van der Waals surface area contributed by atoms with Crippen molar-refractivity contribution in [3.63, 3.8) is 0 Å². The van der Waals surface area contributed by atoms with Crippen molar-refractivity contribution in [3.05, 3.63) is 29.3 Å². The first-order valence-corrected chi connectivity index (χ1v) is 6.90. The van der Waals surface area contributed by atoms with E-state index in [1.807, 2.05) is 25.1 Å². The molecule has 2 aliphatic rings. The van der Waals surface area contributed by atoms with E-state index in [1.54, 1.807) is 0 Å². The van der Waals surface area contributed by atoms with Crippen LogP contribution in [-0.2, 0) is 16.6 Å². The summed E-state index contributed by atoms with van der Waals surface area (Å²) in [5, 5.41) is 3.33. The van der Waals surface area contributed by atoms with Gasteiger partial charge in [-0.3, -0.25) is 4.79 Å². The highest BCUT2D eigenvalue weighted by molar-refractivity contribution is 5.87. The molecule has 102 valence electrons. The number of carbonyl (C=O) groups excluding carboxylic acids is 1. The molecule has 2 aliphatic heterocycles. The number of carbonyl (C=O) groups is 1. The molecule has 1 saturated heterocycles. The predicted octanol–water partition coefficient (Wildman–Crippen LogP) is 0.974. The van der Waals surface area contributed by atoms with Crippen LogP contribution in [0.2, 0.25) is 0 Å². The van der Waals surface area contributed by atoms with Crippen molar-refractivity contribution in [2.45, 2.75) is 25.2 Å². The molecule has 3 N–H and O–H groups in total. The summed E-state index contributed by atoms with van der Waals surface area (Å²) in [5.74, 6) is 0.939. The molecule has 1 aromatic carbocycles. The van der Waals surface area contributed by atoms with Crippen LogP contribution in [0.5, 0.6) is 5.75 Å². The highest BCUT2D eigenvalue weighted by Gasteiger charge is 2.44. The highest BCUT2D eigenvalue weighted by Crippen LogP contribution is 2.41. The Morgan fingerprint density at radius 1 is 1.53 bits per heavy atom. The third-order valence-electron chi connectivity index (χ3n) is 4.69. The fourth-order valence-electron chi connectivity index (χ4n) is 3.41. The fourth-order valence-corrected chi connectivity index (χ4v) is 3.41. The van der Waals surface area contributed by atoms with Crippen LogP contribution in [0.4, 0.5) is 0 Å². The maximum Gasteiger partial charge on any atom is 0.228 e. The minimum absolute atomic E-state index is 0.235. The van der Waals surface area contributed by atoms with Crippen molar-refractivity contribution in [3.8, 4) is 5.75 Å². The maximum absolute atomic E-state index is 12.2. The Bertz CT molecular complexity index is 509. The summed E-state index contributed by atoms with van der Waals surface area (Å²) in [4.78, 5) is 12.2. The van der Waals surface area contributed by atoms with Gasteiger partial charge in [0.1, 0.15) is 5.75 Å². The molecule has 2 atom stereocenters. The SMILES string of the molecule is CC(C(N)=O)(c1cccc2c1CCO2)C1CCNC1. The predicted molar refractivity (Wildman–Crippen MR) is 73.2 cm³/mol. The molecule has 1 amide bonds. The number of ether oxygens (including phenoxy) is 1. The number of primary amides is 1. The van der Waals surface area contributed by atoms with Crippen LogP contribution in [0.25, 0.3) is 0 Å². The van der Waals surface area contributed by atoms with E-state index in [9.17, 15) is 4.79 Å². The van der Waals surface area contributed by atoms with Gasteiger partial charge in [0.05, 0.1) is 12.0 Å². The van der Waals surface area contributed by atoms with Crippen molar-refractivity contribution in [2.24, 2.45) is 11.7 Å². The van der Waals surface area contributed by atoms with Crippen LogP contribution in [-0.4, -0.2) is 25.6 Å². The van der Waals surface area contributed by atoms with Gasteiger partial charge >= 0.3 is 0 Å². The summed E-state index contributed by atoms with van der Waals surface area (Å²) in [6.07, 6.45) is 1.86. The first-order chi connectivity index (χ1) is 9.14. The third kappa shape index (κ3) is 1.82. The molecule has 0 bridgehead atoms. The van der Waals surface area contributed by atoms with Gasteiger partial charge in [-0.1, -0.05) is 12.1 Å². The average Bonchev–Trinajstić information content (AvgIpc) is 3.07. The quantitative estimate of drug-likeness (QED) is 0.851. The van der Waals surface area contributed by atoms with Crippen LogP contribution in [0.15, 0.2) is 18.2 Å². The van der Waals surface area contributed by atoms with Gasteiger partial charge in [-0.05, 0) is 44.0 Å². The van der Waals surface area contributed by atoms with Gasteiger partial charge in [0, 0.05) is 12.0 Å². The van der Waals surface area contributed by atoms with Gasteiger partial charge in [0.15, 0.2) is 0 Å². The molecule has 0 aliphatic carbocycles. The summed E-state index contributed by atoms with van der Waals surface area (Å²) in [5.41, 5.74) is 7.38. The molecule has 0 spiro atoms. The molecule has 2 heterocycles. The second kappa shape index (κ2) is 4.53. The smallest absolute Gasteiger partial charge is 0.228 e. The van der Waals surface area contributed by atoms with Crippen LogP contribution in [0, 0.1) is 5.92 Å². The van der Waals surface area contributed by atoms with Gasteiger partial charge in [-0.2, -0.15) is 0 Å². The van der Waals surface area contributed by atoms with E-state index >= 15 is 0 Å². The van der Waals surface area contributed by atoms with E-state index in [4.69, 9.17) is 10.5 Å². The van der Waals surface area contributed by atoms with Crippen molar-refractivity contribution in [1.29, 1.82) is 0 Å². The van der Waals surface area contributed by atoms with Crippen molar-refractivity contribution in [1.82, 2.24) is 5.32 Å². The Morgan fingerprint density at radius 3 is 3.05 bits per heavy atom. The zero-order valence-electron chi connectivity index (χ0n) is 11.2. The number of nitrogens with two attached hydrogens (primary N) is 1. The van der Waals surface area contributed by atoms with E-state index in [-0.39, 0.29) is 11.8 Å². The van der Waals surface area contributed by atoms with Crippen LogP contribution in [0.1, 0.15) is 24.5 Å². The van der Waals surface area contributed by atoms with Crippen LogP contribution >= 0.6 is 0 Å². The van der Waals surface area contributed by atoms with Gasteiger partial charge in [0.2, 0.25) is 5.91 Å². The summed E-state index contributed by atoms with van der Waals surface area (Å²) < 4.78 is 5.61. The number of amides is 1. The molecule has 4 nitrogen and oxygen atoms in total. The number of benzene rings is 1. The monoisotopic (exact) mass is 260 g/mol. The van der Waals surface area contributed by atoms with Gasteiger partial charge in [-0.25, -0.2) is 0 Å². The molecular weight excluding hydrogens is 240 g/mol. The van der Waals surface area contributed by atoms with Crippen LogP contribution in [0.3, 0.4) is 0 Å². The summed E-state index contributed by atoms with van der Waals surface area (Å²) >= 11 is 0. The molecular formula is C15H20N2O2. The van der Waals surface area contributed by atoms with E-state index in [0.717, 1.165) is 42.8 Å². The van der Waals surface area contributed by atoms with Gasteiger partial charge < -0.3 is 15.8 Å². The lowest BCUT2D eigenvalue weighted by Crippen LogP contribution is -2.46. The topological polar surface area (TPSA) is 64.4 Å². The first kappa shape index (κ1) is 12.5. The molecule has 1 fully saturated rings. The molecule has 0 radical (unpaired) electrons. The fraction of sp³-hybridized carbons (Fsp3) is 0.533.